The van der Waals surface area contributed by atoms with Crippen LogP contribution in [0.4, 0.5) is 0 Å². The topological polar surface area (TPSA) is 15.3 Å². The summed E-state index contributed by atoms with van der Waals surface area (Å²) in [5.74, 6) is 0.765. The van der Waals surface area contributed by atoms with E-state index in [9.17, 15) is 0 Å². The standard InChI is InChI=1S/C18H28N2/c1-19-17(18(20(2)3)10-6-7-11-18)13-15-12-14-8-4-5-9-16(14)15/h4-5,8-9,15,17,19H,6-7,10-13H2,1-3H3. The van der Waals surface area contributed by atoms with E-state index in [1.807, 2.05) is 0 Å². The molecule has 1 saturated carbocycles. The van der Waals surface area contributed by atoms with Crippen molar-refractivity contribution >= 4 is 0 Å². The van der Waals surface area contributed by atoms with Gasteiger partial charge in [0.05, 0.1) is 0 Å². The van der Waals surface area contributed by atoms with E-state index in [0.29, 0.717) is 11.6 Å². The maximum Gasteiger partial charge on any atom is 0.0356 e. The van der Waals surface area contributed by atoms with Crippen molar-refractivity contribution in [3.8, 4) is 0 Å². The van der Waals surface area contributed by atoms with Crippen molar-refractivity contribution in [1.82, 2.24) is 10.2 Å². The summed E-state index contributed by atoms with van der Waals surface area (Å²) >= 11 is 0. The lowest BCUT2D eigenvalue weighted by Gasteiger charge is -2.46. The number of nitrogens with one attached hydrogen (secondary N) is 1. The molecule has 1 aromatic carbocycles. The summed E-state index contributed by atoms with van der Waals surface area (Å²) in [5.41, 5.74) is 3.54. The summed E-state index contributed by atoms with van der Waals surface area (Å²) in [6, 6.07) is 9.59. The molecule has 0 aromatic heterocycles. The zero-order chi connectivity index (χ0) is 14.2. The zero-order valence-corrected chi connectivity index (χ0v) is 13.2. The quantitative estimate of drug-likeness (QED) is 0.885. The van der Waals surface area contributed by atoms with E-state index in [-0.39, 0.29) is 0 Å². The second-order valence-corrected chi connectivity index (χ2v) is 6.88. The van der Waals surface area contributed by atoms with Crippen LogP contribution in [0.5, 0.6) is 0 Å². The van der Waals surface area contributed by atoms with Crippen molar-refractivity contribution in [1.29, 1.82) is 0 Å². The first-order chi connectivity index (χ1) is 9.67. The SMILES string of the molecule is CNC(CC1Cc2ccccc21)C1(N(C)C)CCCC1. The summed E-state index contributed by atoms with van der Waals surface area (Å²) < 4.78 is 0. The van der Waals surface area contributed by atoms with Gasteiger partial charge in [0.25, 0.3) is 0 Å². The number of rotatable bonds is 5. The Labute approximate surface area is 123 Å². The smallest absolute Gasteiger partial charge is 0.0356 e. The minimum Gasteiger partial charge on any atom is -0.315 e. The van der Waals surface area contributed by atoms with Gasteiger partial charge < -0.3 is 10.2 Å². The van der Waals surface area contributed by atoms with Gasteiger partial charge in [0.1, 0.15) is 0 Å². The highest BCUT2D eigenvalue weighted by Crippen LogP contribution is 2.44. The molecule has 0 spiro atoms. The zero-order valence-electron chi connectivity index (χ0n) is 13.2. The molecule has 0 bridgehead atoms. The van der Waals surface area contributed by atoms with Crippen molar-refractivity contribution in [2.24, 2.45) is 0 Å². The summed E-state index contributed by atoms with van der Waals surface area (Å²) in [5, 5.41) is 3.65. The third-order valence-electron chi connectivity index (χ3n) is 5.84. The molecular weight excluding hydrogens is 244 g/mol. The number of benzene rings is 1. The lowest BCUT2D eigenvalue weighted by Crippen LogP contribution is -2.57. The minimum atomic E-state index is 0.374. The Morgan fingerprint density at radius 3 is 2.55 bits per heavy atom. The Bertz CT molecular complexity index is 460. The Balaban J connectivity index is 1.75. The number of hydrogen-bond donors (Lipinski definition) is 1. The molecule has 110 valence electrons. The predicted molar refractivity (Wildman–Crippen MR) is 85.2 cm³/mol. The Hall–Kier alpha value is -0.860. The highest BCUT2D eigenvalue weighted by molar-refractivity contribution is 5.40. The molecule has 2 unspecified atom stereocenters. The molecule has 1 fully saturated rings. The minimum absolute atomic E-state index is 0.374. The van der Waals surface area contributed by atoms with Gasteiger partial charge in [-0.15, -0.1) is 0 Å². The number of likely N-dealkylation sites (N-methyl/N-ethyl adjacent to an activating group) is 2. The van der Waals surface area contributed by atoms with Gasteiger partial charge in [0, 0.05) is 11.6 Å². The molecular formula is C18H28N2. The molecule has 0 heterocycles. The van der Waals surface area contributed by atoms with Crippen LogP contribution >= 0.6 is 0 Å². The second-order valence-electron chi connectivity index (χ2n) is 6.88. The molecule has 0 saturated heterocycles. The number of hydrogen-bond acceptors (Lipinski definition) is 2. The van der Waals surface area contributed by atoms with Gasteiger partial charge >= 0.3 is 0 Å². The highest BCUT2D eigenvalue weighted by atomic mass is 15.2. The van der Waals surface area contributed by atoms with E-state index in [4.69, 9.17) is 0 Å². The molecule has 20 heavy (non-hydrogen) atoms. The van der Waals surface area contributed by atoms with Crippen LogP contribution in [-0.4, -0.2) is 37.6 Å². The second kappa shape index (κ2) is 5.50. The van der Waals surface area contributed by atoms with Gasteiger partial charge in [-0.05, 0) is 63.9 Å². The fourth-order valence-corrected chi connectivity index (χ4v) is 4.56. The van der Waals surface area contributed by atoms with Crippen molar-refractivity contribution < 1.29 is 0 Å². The van der Waals surface area contributed by atoms with E-state index in [2.05, 4.69) is 55.6 Å². The molecule has 0 aliphatic heterocycles. The molecule has 2 aliphatic carbocycles. The molecule has 2 atom stereocenters. The number of nitrogens with zero attached hydrogens (tertiary/aromatic N) is 1. The van der Waals surface area contributed by atoms with Gasteiger partial charge in [-0.1, -0.05) is 37.1 Å². The average Bonchev–Trinajstić information content (AvgIpc) is 2.91. The lowest BCUT2D eigenvalue weighted by atomic mass is 9.71. The van der Waals surface area contributed by atoms with Crippen molar-refractivity contribution in [2.45, 2.75) is 56.0 Å². The molecule has 2 nitrogen and oxygen atoms in total. The maximum absolute atomic E-state index is 3.65. The van der Waals surface area contributed by atoms with Gasteiger partial charge in [0.2, 0.25) is 0 Å². The fraction of sp³-hybridized carbons (Fsp3) is 0.667. The van der Waals surface area contributed by atoms with Gasteiger partial charge in [-0.3, -0.25) is 0 Å². The summed E-state index contributed by atoms with van der Waals surface area (Å²) in [7, 11) is 6.69. The highest BCUT2D eigenvalue weighted by Gasteiger charge is 2.44. The van der Waals surface area contributed by atoms with E-state index in [1.165, 1.54) is 38.5 Å². The van der Waals surface area contributed by atoms with Crippen LogP contribution < -0.4 is 5.32 Å². The summed E-state index contributed by atoms with van der Waals surface area (Å²) in [6.07, 6.45) is 8.03. The van der Waals surface area contributed by atoms with Crippen LogP contribution in [0.3, 0.4) is 0 Å². The summed E-state index contributed by atoms with van der Waals surface area (Å²) in [4.78, 5) is 2.49. The van der Waals surface area contributed by atoms with Crippen LogP contribution in [0.1, 0.15) is 49.1 Å². The van der Waals surface area contributed by atoms with E-state index in [0.717, 1.165) is 5.92 Å². The van der Waals surface area contributed by atoms with E-state index >= 15 is 0 Å². The van der Waals surface area contributed by atoms with E-state index < -0.39 is 0 Å². The number of fused-ring (bicyclic) bond motifs is 1. The van der Waals surface area contributed by atoms with Crippen LogP contribution in [-0.2, 0) is 6.42 Å². The Morgan fingerprint density at radius 2 is 1.95 bits per heavy atom. The molecule has 0 amide bonds. The lowest BCUT2D eigenvalue weighted by molar-refractivity contribution is 0.0986. The van der Waals surface area contributed by atoms with Crippen LogP contribution in [0, 0.1) is 0 Å². The largest absolute Gasteiger partial charge is 0.315 e. The summed E-state index contributed by atoms with van der Waals surface area (Å²) in [6.45, 7) is 0. The van der Waals surface area contributed by atoms with Gasteiger partial charge in [0.15, 0.2) is 0 Å². The molecule has 1 N–H and O–H groups in total. The Morgan fingerprint density at radius 1 is 1.25 bits per heavy atom. The van der Waals surface area contributed by atoms with Gasteiger partial charge in [-0.25, -0.2) is 0 Å². The van der Waals surface area contributed by atoms with Crippen LogP contribution in [0.15, 0.2) is 24.3 Å². The fourth-order valence-electron chi connectivity index (χ4n) is 4.56. The molecule has 0 radical (unpaired) electrons. The molecule has 1 aromatic rings. The van der Waals surface area contributed by atoms with Crippen molar-refractivity contribution in [2.75, 3.05) is 21.1 Å². The molecule has 2 heteroatoms. The van der Waals surface area contributed by atoms with E-state index in [1.54, 1.807) is 11.1 Å². The third-order valence-corrected chi connectivity index (χ3v) is 5.84. The van der Waals surface area contributed by atoms with Gasteiger partial charge in [-0.2, -0.15) is 0 Å². The third kappa shape index (κ3) is 2.19. The van der Waals surface area contributed by atoms with Crippen LogP contribution in [0.2, 0.25) is 0 Å². The predicted octanol–water partition coefficient (Wildman–Crippen LogP) is 3.18. The van der Waals surface area contributed by atoms with Crippen molar-refractivity contribution in [3.63, 3.8) is 0 Å². The molecule has 2 aliphatic rings. The van der Waals surface area contributed by atoms with Crippen molar-refractivity contribution in [3.05, 3.63) is 35.4 Å². The normalized spacial score (nSPS) is 25.3. The Kier molecular flexibility index (Phi) is 3.87. The first-order valence-electron chi connectivity index (χ1n) is 8.10. The molecule has 3 rings (SSSR count). The monoisotopic (exact) mass is 272 g/mol. The maximum atomic E-state index is 3.65. The first kappa shape index (κ1) is 14.1. The van der Waals surface area contributed by atoms with Crippen LogP contribution in [0.25, 0.3) is 0 Å². The first-order valence-corrected chi connectivity index (χ1v) is 8.10. The average molecular weight is 272 g/mol.